The highest BCUT2D eigenvalue weighted by atomic mass is 32.2. The van der Waals surface area contributed by atoms with E-state index in [1.807, 2.05) is 17.9 Å². The van der Waals surface area contributed by atoms with Crippen LogP contribution in [0, 0.1) is 0 Å². The third-order valence-electron chi connectivity index (χ3n) is 3.29. The first kappa shape index (κ1) is 12.6. The zero-order valence-electron chi connectivity index (χ0n) is 10.3. The van der Waals surface area contributed by atoms with Crippen LogP contribution >= 0.6 is 0 Å². The molecule has 1 unspecified atom stereocenters. The van der Waals surface area contributed by atoms with Gasteiger partial charge in [-0.15, -0.1) is 0 Å². The average molecular weight is 257 g/mol. The van der Waals surface area contributed by atoms with Crippen molar-refractivity contribution in [3.63, 3.8) is 0 Å². The minimum atomic E-state index is -2.92. The highest BCUT2D eigenvalue weighted by Gasteiger charge is 2.23. The molecule has 5 nitrogen and oxygen atoms in total. The number of hydrogen-bond donors (Lipinski definition) is 1. The number of hydrogen-bond acceptors (Lipinski definition) is 4. The zero-order chi connectivity index (χ0) is 12.5. The summed E-state index contributed by atoms with van der Waals surface area (Å²) >= 11 is 0. The van der Waals surface area contributed by atoms with Crippen molar-refractivity contribution in [2.75, 3.05) is 19.1 Å². The van der Waals surface area contributed by atoms with Gasteiger partial charge in [-0.1, -0.05) is 0 Å². The predicted molar refractivity (Wildman–Crippen MR) is 66.7 cm³/mol. The van der Waals surface area contributed by atoms with Crippen LogP contribution < -0.4 is 5.32 Å². The summed E-state index contributed by atoms with van der Waals surface area (Å²) in [5, 5.41) is 7.59. The summed E-state index contributed by atoms with van der Waals surface area (Å²) in [6.07, 6.45) is 6.39. The van der Waals surface area contributed by atoms with Crippen molar-refractivity contribution < 1.29 is 8.42 Å². The van der Waals surface area contributed by atoms with Crippen LogP contribution in [-0.4, -0.2) is 37.3 Å². The van der Waals surface area contributed by atoms with E-state index in [1.165, 1.54) is 17.5 Å². The van der Waals surface area contributed by atoms with E-state index in [0.717, 1.165) is 19.3 Å². The first-order valence-corrected chi connectivity index (χ1v) is 7.97. The largest absolute Gasteiger partial charge is 0.313 e. The molecule has 0 aliphatic heterocycles. The van der Waals surface area contributed by atoms with Gasteiger partial charge in [0.05, 0.1) is 18.5 Å². The van der Waals surface area contributed by atoms with Crippen molar-refractivity contribution in [3.05, 3.63) is 17.5 Å². The number of rotatable bonds is 4. The Morgan fingerprint density at radius 3 is 3.00 bits per heavy atom. The molecule has 1 heterocycles. The van der Waals surface area contributed by atoms with E-state index in [-0.39, 0.29) is 5.75 Å². The molecule has 17 heavy (non-hydrogen) atoms. The van der Waals surface area contributed by atoms with Crippen LogP contribution in [0.1, 0.15) is 30.1 Å². The lowest BCUT2D eigenvalue weighted by Crippen LogP contribution is -2.23. The Kier molecular flexibility index (Phi) is 3.53. The second kappa shape index (κ2) is 4.78. The van der Waals surface area contributed by atoms with Crippen LogP contribution in [-0.2, 0) is 22.8 Å². The highest BCUT2D eigenvalue weighted by Crippen LogP contribution is 2.29. The molecule has 0 bridgehead atoms. The highest BCUT2D eigenvalue weighted by molar-refractivity contribution is 7.90. The molecule has 1 N–H and O–H groups in total. The first-order chi connectivity index (χ1) is 8.01. The molecule has 1 aliphatic carbocycles. The van der Waals surface area contributed by atoms with Crippen molar-refractivity contribution >= 4 is 9.84 Å². The molecule has 0 saturated heterocycles. The third-order valence-corrected chi connectivity index (χ3v) is 4.21. The lowest BCUT2D eigenvalue weighted by atomic mass is 9.93. The van der Waals surface area contributed by atoms with Gasteiger partial charge in [-0.2, -0.15) is 5.10 Å². The van der Waals surface area contributed by atoms with Gasteiger partial charge >= 0.3 is 0 Å². The molecular weight excluding hydrogens is 238 g/mol. The Morgan fingerprint density at radius 2 is 2.35 bits per heavy atom. The first-order valence-electron chi connectivity index (χ1n) is 5.91. The molecule has 0 amide bonds. The fourth-order valence-corrected chi connectivity index (χ4v) is 2.87. The number of aryl methyl sites for hydroxylation is 1. The van der Waals surface area contributed by atoms with Crippen molar-refractivity contribution in [2.24, 2.45) is 0 Å². The van der Waals surface area contributed by atoms with Crippen LogP contribution in [0.15, 0.2) is 6.20 Å². The second-order valence-electron chi connectivity index (χ2n) is 4.63. The summed E-state index contributed by atoms with van der Waals surface area (Å²) in [5.74, 6) is 0.158. The smallest absolute Gasteiger partial charge is 0.149 e. The fourth-order valence-electron chi connectivity index (χ4n) is 2.36. The average Bonchev–Trinajstić information content (AvgIpc) is 2.68. The fraction of sp³-hybridized carbons (Fsp3) is 0.727. The molecule has 0 saturated carbocycles. The predicted octanol–water partition coefficient (Wildman–Crippen LogP) is 0.525. The van der Waals surface area contributed by atoms with E-state index < -0.39 is 9.84 Å². The molecule has 0 aromatic carbocycles. The Morgan fingerprint density at radius 1 is 1.59 bits per heavy atom. The summed E-state index contributed by atoms with van der Waals surface area (Å²) in [7, 11) is -0.970. The zero-order valence-corrected chi connectivity index (χ0v) is 11.1. The monoisotopic (exact) mass is 257 g/mol. The normalized spacial score (nSPS) is 20.2. The van der Waals surface area contributed by atoms with Gasteiger partial charge in [-0.05, 0) is 26.3 Å². The number of sulfone groups is 1. The maximum atomic E-state index is 11.2. The SMILES string of the molecule is CNC1CCCc2c1cnn2CCS(C)(=O)=O. The third kappa shape index (κ3) is 2.87. The lowest BCUT2D eigenvalue weighted by molar-refractivity contribution is 0.479. The van der Waals surface area contributed by atoms with E-state index in [4.69, 9.17) is 0 Å². The Bertz CT molecular complexity index is 493. The molecule has 1 aromatic heterocycles. The molecular formula is C11H19N3O2S. The van der Waals surface area contributed by atoms with Crippen molar-refractivity contribution in [1.82, 2.24) is 15.1 Å². The minimum Gasteiger partial charge on any atom is -0.313 e. The number of nitrogens with one attached hydrogen (secondary N) is 1. The summed E-state index contributed by atoms with van der Waals surface area (Å²) in [6.45, 7) is 0.463. The summed E-state index contributed by atoms with van der Waals surface area (Å²) in [6, 6.07) is 0.366. The van der Waals surface area contributed by atoms with Gasteiger partial charge in [0, 0.05) is 23.6 Å². The summed E-state index contributed by atoms with van der Waals surface area (Å²) in [4.78, 5) is 0. The molecule has 96 valence electrons. The van der Waals surface area contributed by atoms with E-state index in [1.54, 1.807) is 0 Å². The molecule has 0 radical (unpaired) electrons. The standard InChI is InChI=1S/C11H19N3O2S/c1-12-10-4-3-5-11-9(10)8-13-14(11)6-7-17(2,15)16/h8,10,12H,3-7H2,1-2H3. The van der Waals surface area contributed by atoms with Crippen LogP contribution in [0.3, 0.4) is 0 Å². The summed E-state index contributed by atoms with van der Waals surface area (Å²) in [5.41, 5.74) is 2.42. The second-order valence-corrected chi connectivity index (χ2v) is 6.89. The van der Waals surface area contributed by atoms with E-state index in [0.29, 0.717) is 12.6 Å². The molecule has 6 heteroatoms. The van der Waals surface area contributed by atoms with Gasteiger partial charge in [-0.3, -0.25) is 4.68 Å². The van der Waals surface area contributed by atoms with Gasteiger partial charge in [0.1, 0.15) is 9.84 Å². The van der Waals surface area contributed by atoms with Crippen LogP contribution in [0.5, 0.6) is 0 Å². The molecule has 1 aliphatic rings. The Labute approximate surface area is 102 Å². The van der Waals surface area contributed by atoms with Gasteiger partial charge in [0.15, 0.2) is 0 Å². The molecule has 2 rings (SSSR count). The number of fused-ring (bicyclic) bond motifs is 1. The maximum Gasteiger partial charge on any atom is 0.149 e. The maximum absolute atomic E-state index is 11.2. The Hall–Kier alpha value is -0.880. The van der Waals surface area contributed by atoms with Crippen molar-refractivity contribution in [2.45, 2.75) is 31.8 Å². The lowest BCUT2D eigenvalue weighted by Gasteiger charge is -2.22. The van der Waals surface area contributed by atoms with E-state index >= 15 is 0 Å². The van der Waals surface area contributed by atoms with Gasteiger partial charge < -0.3 is 5.32 Å². The van der Waals surface area contributed by atoms with E-state index in [2.05, 4.69) is 10.4 Å². The van der Waals surface area contributed by atoms with Crippen molar-refractivity contribution in [1.29, 1.82) is 0 Å². The molecule has 0 fully saturated rings. The molecule has 1 atom stereocenters. The van der Waals surface area contributed by atoms with Gasteiger partial charge in [0.2, 0.25) is 0 Å². The number of nitrogens with zero attached hydrogens (tertiary/aromatic N) is 2. The van der Waals surface area contributed by atoms with Crippen LogP contribution in [0.2, 0.25) is 0 Å². The number of aromatic nitrogens is 2. The topological polar surface area (TPSA) is 64.0 Å². The van der Waals surface area contributed by atoms with Crippen molar-refractivity contribution in [3.8, 4) is 0 Å². The minimum absolute atomic E-state index is 0.158. The quantitative estimate of drug-likeness (QED) is 0.854. The van der Waals surface area contributed by atoms with Crippen LogP contribution in [0.25, 0.3) is 0 Å². The Balaban J connectivity index is 2.18. The molecule has 1 aromatic rings. The van der Waals surface area contributed by atoms with E-state index in [9.17, 15) is 8.42 Å². The van der Waals surface area contributed by atoms with Gasteiger partial charge in [-0.25, -0.2) is 8.42 Å². The molecule has 0 spiro atoms. The van der Waals surface area contributed by atoms with Crippen LogP contribution in [0.4, 0.5) is 0 Å². The van der Waals surface area contributed by atoms with Gasteiger partial charge in [0.25, 0.3) is 0 Å². The summed E-state index contributed by atoms with van der Waals surface area (Å²) < 4.78 is 24.2.